The van der Waals surface area contributed by atoms with E-state index in [0.717, 1.165) is 22.3 Å². The van der Waals surface area contributed by atoms with E-state index in [1.54, 1.807) is 7.11 Å². The highest BCUT2D eigenvalue weighted by atomic mass is 32.2. The number of rotatable bonds is 8. The number of ether oxygens (including phenoxy) is 1. The van der Waals surface area contributed by atoms with Crippen LogP contribution in [0.1, 0.15) is 23.9 Å². The van der Waals surface area contributed by atoms with Gasteiger partial charge in [0.2, 0.25) is 5.91 Å². The SMILES string of the molecule is COc1ccc(CNC(=O)C(C)Sc2nnc(Cc3ccccc3)n2C)cc1. The van der Waals surface area contributed by atoms with Crippen molar-refractivity contribution >= 4 is 17.7 Å². The van der Waals surface area contributed by atoms with Crippen molar-refractivity contribution in [3.05, 3.63) is 71.5 Å². The van der Waals surface area contributed by atoms with Crippen LogP contribution in [0.5, 0.6) is 5.75 Å². The number of hydrogen-bond donors (Lipinski definition) is 1. The fourth-order valence-corrected chi connectivity index (χ4v) is 3.53. The molecule has 2 aromatic carbocycles. The minimum absolute atomic E-state index is 0.0339. The fraction of sp³-hybridized carbons (Fsp3) is 0.286. The van der Waals surface area contributed by atoms with Gasteiger partial charge in [0.1, 0.15) is 11.6 Å². The zero-order valence-corrected chi connectivity index (χ0v) is 17.1. The number of thioether (sulfide) groups is 1. The third-order valence-corrected chi connectivity index (χ3v) is 5.54. The maximum Gasteiger partial charge on any atom is 0.233 e. The topological polar surface area (TPSA) is 69.0 Å². The monoisotopic (exact) mass is 396 g/mol. The largest absolute Gasteiger partial charge is 0.497 e. The molecule has 0 bridgehead atoms. The average molecular weight is 397 g/mol. The molecule has 0 radical (unpaired) electrons. The van der Waals surface area contributed by atoms with Crippen molar-refractivity contribution in [3.8, 4) is 5.75 Å². The van der Waals surface area contributed by atoms with E-state index in [1.807, 2.05) is 61.0 Å². The van der Waals surface area contributed by atoms with Gasteiger partial charge in [-0.15, -0.1) is 10.2 Å². The Bertz CT molecular complexity index is 910. The number of carbonyl (C=O) groups excluding carboxylic acids is 1. The smallest absolute Gasteiger partial charge is 0.233 e. The Morgan fingerprint density at radius 3 is 2.50 bits per heavy atom. The molecule has 1 amide bonds. The lowest BCUT2D eigenvalue weighted by Crippen LogP contribution is -2.30. The molecule has 0 spiro atoms. The molecule has 0 aliphatic heterocycles. The Kier molecular flexibility index (Phi) is 6.71. The van der Waals surface area contributed by atoms with Crippen molar-refractivity contribution in [3.63, 3.8) is 0 Å². The van der Waals surface area contributed by atoms with E-state index < -0.39 is 0 Å². The predicted octanol–water partition coefficient (Wildman–Crippen LogP) is 3.21. The molecule has 28 heavy (non-hydrogen) atoms. The van der Waals surface area contributed by atoms with Crippen molar-refractivity contribution in [2.45, 2.75) is 30.3 Å². The molecule has 146 valence electrons. The van der Waals surface area contributed by atoms with E-state index in [4.69, 9.17) is 4.74 Å². The van der Waals surface area contributed by atoms with Gasteiger partial charge in [0.05, 0.1) is 12.4 Å². The first-order valence-electron chi connectivity index (χ1n) is 9.06. The Labute approximate surface area is 169 Å². The second-order valence-corrected chi connectivity index (χ2v) is 7.75. The van der Waals surface area contributed by atoms with Gasteiger partial charge in [0.15, 0.2) is 5.16 Å². The zero-order chi connectivity index (χ0) is 19.9. The Hall–Kier alpha value is -2.80. The number of aromatic nitrogens is 3. The number of carbonyl (C=O) groups is 1. The standard InChI is InChI=1S/C21H24N4O2S/c1-15(20(26)22-14-17-9-11-18(27-3)12-10-17)28-21-24-23-19(25(21)2)13-16-7-5-4-6-8-16/h4-12,15H,13-14H2,1-3H3,(H,22,26). The van der Waals surface area contributed by atoms with Gasteiger partial charge >= 0.3 is 0 Å². The van der Waals surface area contributed by atoms with Crippen LogP contribution in [0.2, 0.25) is 0 Å². The van der Waals surface area contributed by atoms with Gasteiger partial charge in [-0.3, -0.25) is 4.79 Å². The van der Waals surface area contributed by atoms with Crippen molar-refractivity contribution in [1.29, 1.82) is 0 Å². The molecule has 0 saturated heterocycles. The summed E-state index contributed by atoms with van der Waals surface area (Å²) >= 11 is 1.41. The summed E-state index contributed by atoms with van der Waals surface area (Å²) in [7, 11) is 3.57. The molecule has 1 heterocycles. The van der Waals surface area contributed by atoms with Crippen LogP contribution in [0, 0.1) is 0 Å². The molecule has 1 unspecified atom stereocenters. The Balaban J connectivity index is 1.54. The highest BCUT2D eigenvalue weighted by Gasteiger charge is 2.18. The zero-order valence-electron chi connectivity index (χ0n) is 16.3. The normalized spacial score (nSPS) is 11.8. The van der Waals surface area contributed by atoms with E-state index in [9.17, 15) is 4.79 Å². The summed E-state index contributed by atoms with van der Waals surface area (Å²) in [5.74, 6) is 1.64. The van der Waals surface area contributed by atoms with E-state index in [-0.39, 0.29) is 11.2 Å². The summed E-state index contributed by atoms with van der Waals surface area (Å²) in [6.45, 7) is 2.35. The number of hydrogen-bond acceptors (Lipinski definition) is 5. The maximum absolute atomic E-state index is 12.4. The van der Waals surface area contributed by atoms with Crippen LogP contribution in [0.4, 0.5) is 0 Å². The minimum Gasteiger partial charge on any atom is -0.497 e. The molecule has 0 fully saturated rings. The highest BCUT2D eigenvalue weighted by molar-refractivity contribution is 8.00. The summed E-state index contributed by atoms with van der Waals surface area (Å²) in [6.07, 6.45) is 0.711. The molecule has 0 aliphatic rings. The van der Waals surface area contributed by atoms with Gasteiger partial charge < -0.3 is 14.6 Å². The van der Waals surface area contributed by atoms with E-state index >= 15 is 0 Å². The molecular formula is C21H24N4O2S. The van der Waals surface area contributed by atoms with Crippen molar-refractivity contribution in [2.75, 3.05) is 7.11 Å². The quantitative estimate of drug-likeness (QED) is 0.592. The third-order valence-electron chi connectivity index (χ3n) is 4.41. The number of nitrogens with zero attached hydrogens (tertiary/aromatic N) is 3. The lowest BCUT2D eigenvalue weighted by molar-refractivity contribution is -0.120. The van der Waals surface area contributed by atoms with Gasteiger partial charge in [0.25, 0.3) is 0 Å². The number of methoxy groups -OCH3 is 1. The number of nitrogens with one attached hydrogen (secondary N) is 1. The van der Waals surface area contributed by atoms with E-state index in [2.05, 4.69) is 27.6 Å². The Morgan fingerprint density at radius 2 is 1.82 bits per heavy atom. The molecule has 0 aliphatic carbocycles. The van der Waals surface area contributed by atoms with Crippen LogP contribution in [0.25, 0.3) is 0 Å². The Morgan fingerprint density at radius 1 is 1.11 bits per heavy atom. The lowest BCUT2D eigenvalue weighted by Gasteiger charge is -2.12. The first-order valence-corrected chi connectivity index (χ1v) is 9.94. The lowest BCUT2D eigenvalue weighted by atomic mass is 10.1. The molecule has 3 aromatic rings. The van der Waals surface area contributed by atoms with Crippen LogP contribution >= 0.6 is 11.8 Å². The summed E-state index contributed by atoms with van der Waals surface area (Å²) < 4.78 is 7.09. The molecule has 3 rings (SSSR count). The predicted molar refractivity (Wildman–Crippen MR) is 110 cm³/mol. The fourth-order valence-electron chi connectivity index (χ4n) is 2.67. The first-order chi connectivity index (χ1) is 13.6. The van der Waals surface area contributed by atoms with Crippen LogP contribution < -0.4 is 10.1 Å². The highest BCUT2D eigenvalue weighted by Crippen LogP contribution is 2.22. The second kappa shape index (κ2) is 9.41. The number of benzene rings is 2. The molecule has 6 nitrogen and oxygen atoms in total. The summed E-state index contributed by atoms with van der Waals surface area (Å²) in [6, 6.07) is 17.8. The van der Waals surface area contributed by atoms with Crippen LogP contribution in [-0.4, -0.2) is 33.0 Å². The molecule has 1 N–H and O–H groups in total. The van der Waals surface area contributed by atoms with Gasteiger partial charge in [0, 0.05) is 20.0 Å². The van der Waals surface area contributed by atoms with Crippen molar-refractivity contribution < 1.29 is 9.53 Å². The van der Waals surface area contributed by atoms with Crippen LogP contribution in [0.15, 0.2) is 59.8 Å². The van der Waals surface area contributed by atoms with Gasteiger partial charge in [-0.1, -0.05) is 54.2 Å². The minimum atomic E-state index is -0.272. The van der Waals surface area contributed by atoms with Crippen molar-refractivity contribution in [1.82, 2.24) is 20.1 Å². The number of amides is 1. The summed E-state index contributed by atoms with van der Waals surface area (Å²) in [5.41, 5.74) is 2.20. The molecule has 7 heteroatoms. The second-order valence-electron chi connectivity index (χ2n) is 6.45. The van der Waals surface area contributed by atoms with Crippen LogP contribution in [0.3, 0.4) is 0 Å². The third kappa shape index (κ3) is 5.13. The van der Waals surface area contributed by atoms with Gasteiger partial charge in [-0.05, 0) is 30.2 Å². The van der Waals surface area contributed by atoms with Crippen LogP contribution in [-0.2, 0) is 24.8 Å². The summed E-state index contributed by atoms with van der Waals surface area (Å²) in [5, 5.41) is 12.0. The van der Waals surface area contributed by atoms with Crippen molar-refractivity contribution in [2.24, 2.45) is 7.05 Å². The maximum atomic E-state index is 12.4. The first kappa shape index (κ1) is 19.9. The van der Waals surface area contributed by atoms with Gasteiger partial charge in [-0.2, -0.15) is 0 Å². The molecule has 0 saturated carbocycles. The van der Waals surface area contributed by atoms with Gasteiger partial charge in [-0.25, -0.2) is 0 Å². The molecule has 1 atom stereocenters. The molecular weight excluding hydrogens is 372 g/mol. The van der Waals surface area contributed by atoms with E-state index in [1.165, 1.54) is 17.3 Å². The van der Waals surface area contributed by atoms with E-state index in [0.29, 0.717) is 13.0 Å². The molecule has 1 aromatic heterocycles. The average Bonchev–Trinajstić information content (AvgIpc) is 3.06. The summed E-state index contributed by atoms with van der Waals surface area (Å²) in [4.78, 5) is 12.4.